The van der Waals surface area contributed by atoms with Gasteiger partial charge >= 0.3 is 0 Å². The molecule has 5 nitrogen and oxygen atoms in total. The minimum absolute atomic E-state index is 0.0645. The molecule has 0 radical (unpaired) electrons. The molecule has 1 amide bonds. The highest BCUT2D eigenvalue weighted by Crippen LogP contribution is 2.30. The largest absolute Gasteiger partial charge is 0.388 e. The topological polar surface area (TPSA) is 59.6 Å². The van der Waals surface area contributed by atoms with E-state index in [2.05, 4.69) is 16.9 Å². The van der Waals surface area contributed by atoms with E-state index in [0.29, 0.717) is 5.69 Å². The lowest BCUT2D eigenvalue weighted by molar-refractivity contribution is 0.0658. The first-order valence-electron chi connectivity index (χ1n) is 7.03. The van der Waals surface area contributed by atoms with E-state index in [1.165, 1.54) is 0 Å². The van der Waals surface area contributed by atoms with Crippen LogP contribution < -0.4 is 0 Å². The highest BCUT2D eigenvalue weighted by atomic mass is 16.3. The van der Waals surface area contributed by atoms with Gasteiger partial charge in [0.2, 0.25) is 0 Å². The van der Waals surface area contributed by atoms with E-state index in [4.69, 9.17) is 0 Å². The molecule has 0 spiro atoms. The van der Waals surface area contributed by atoms with Crippen LogP contribution in [0.1, 0.15) is 40.7 Å². The van der Waals surface area contributed by atoms with E-state index in [1.807, 2.05) is 11.0 Å². The summed E-state index contributed by atoms with van der Waals surface area (Å²) in [4.78, 5) is 19.8. The molecule has 2 aliphatic rings. The number of H-pyrrole nitrogens is 1. The molecule has 2 N–H and O–H groups in total. The Morgan fingerprint density at radius 3 is 2.79 bits per heavy atom. The molecule has 1 atom stereocenters. The normalized spacial score (nSPS) is 24.3. The third-order valence-corrected chi connectivity index (χ3v) is 4.22. The number of carbonyl (C=O) groups excluding carboxylic acids is 1. The van der Waals surface area contributed by atoms with Crippen molar-refractivity contribution in [2.75, 3.05) is 33.2 Å². The second-order valence-corrected chi connectivity index (χ2v) is 5.62. The van der Waals surface area contributed by atoms with Gasteiger partial charge in [0, 0.05) is 37.4 Å². The number of hydrogen-bond acceptors (Lipinski definition) is 3. The molecule has 104 valence electrons. The summed E-state index contributed by atoms with van der Waals surface area (Å²) >= 11 is 0. The maximum Gasteiger partial charge on any atom is 0.270 e. The molecule has 1 aromatic heterocycles. The van der Waals surface area contributed by atoms with Gasteiger partial charge in [0.25, 0.3) is 5.91 Å². The fraction of sp³-hybridized carbons (Fsp3) is 0.643. The standard InChI is InChI=1S/C14H21N3O2/c1-16-5-7-17(8-6-16)14(19)12-9-10-11(15-12)3-2-4-13(10)18/h9,13,15,18H,2-8H2,1H3. The van der Waals surface area contributed by atoms with E-state index in [-0.39, 0.29) is 5.91 Å². The first-order chi connectivity index (χ1) is 9.15. The molecule has 1 unspecified atom stereocenters. The minimum Gasteiger partial charge on any atom is -0.388 e. The molecule has 0 saturated carbocycles. The fourth-order valence-electron chi connectivity index (χ4n) is 2.94. The lowest BCUT2D eigenvalue weighted by atomic mass is 9.95. The van der Waals surface area contributed by atoms with Crippen LogP contribution in [0, 0.1) is 0 Å². The van der Waals surface area contributed by atoms with Crippen LogP contribution >= 0.6 is 0 Å². The van der Waals surface area contributed by atoms with Gasteiger partial charge in [-0.25, -0.2) is 0 Å². The Labute approximate surface area is 113 Å². The Morgan fingerprint density at radius 2 is 2.11 bits per heavy atom. The molecule has 1 aromatic rings. The Morgan fingerprint density at radius 1 is 1.37 bits per heavy atom. The Bertz CT molecular complexity index is 475. The number of carbonyl (C=O) groups is 1. The average molecular weight is 263 g/mol. The van der Waals surface area contributed by atoms with Gasteiger partial charge in [0.15, 0.2) is 0 Å². The number of fused-ring (bicyclic) bond motifs is 1. The average Bonchev–Trinajstić information content (AvgIpc) is 2.84. The summed E-state index contributed by atoms with van der Waals surface area (Å²) < 4.78 is 0. The number of aromatic amines is 1. The number of piperazine rings is 1. The number of aliphatic hydroxyl groups excluding tert-OH is 1. The molecular weight excluding hydrogens is 242 g/mol. The lowest BCUT2D eigenvalue weighted by Gasteiger charge is -2.32. The molecule has 3 rings (SSSR count). The van der Waals surface area contributed by atoms with E-state index in [9.17, 15) is 9.90 Å². The molecule has 19 heavy (non-hydrogen) atoms. The van der Waals surface area contributed by atoms with Gasteiger partial charge in [-0.1, -0.05) is 0 Å². The predicted molar refractivity (Wildman–Crippen MR) is 72.1 cm³/mol. The van der Waals surface area contributed by atoms with Crippen molar-refractivity contribution in [2.24, 2.45) is 0 Å². The molecule has 1 saturated heterocycles. The summed E-state index contributed by atoms with van der Waals surface area (Å²) in [6.07, 6.45) is 2.31. The number of likely N-dealkylation sites (N-methyl/N-ethyl adjacent to an activating group) is 1. The highest BCUT2D eigenvalue weighted by Gasteiger charge is 2.26. The summed E-state index contributed by atoms with van der Waals surface area (Å²) in [6.45, 7) is 3.41. The van der Waals surface area contributed by atoms with Gasteiger partial charge in [-0.3, -0.25) is 4.79 Å². The van der Waals surface area contributed by atoms with Gasteiger partial charge < -0.3 is 19.9 Å². The van der Waals surface area contributed by atoms with Crippen LogP contribution in [0.15, 0.2) is 6.07 Å². The monoisotopic (exact) mass is 263 g/mol. The smallest absolute Gasteiger partial charge is 0.270 e. The van der Waals surface area contributed by atoms with Gasteiger partial charge in [-0.2, -0.15) is 0 Å². The number of nitrogens with one attached hydrogen (secondary N) is 1. The molecular formula is C14H21N3O2. The van der Waals surface area contributed by atoms with Crippen molar-refractivity contribution in [1.29, 1.82) is 0 Å². The van der Waals surface area contributed by atoms with Crippen LogP contribution in [0.25, 0.3) is 0 Å². The summed E-state index contributed by atoms with van der Waals surface area (Å²) in [6, 6.07) is 1.85. The fourth-order valence-corrected chi connectivity index (χ4v) is 2.94. The Hall–Kier alpha value is -1.33. The van der Waals surface area contributed by atoms with Gasteiger partial charge in [0.05, 0.1) is 6.10 Å². The number of nitrogens with zero attached hydrogens (tertiary/aromatic N) is 2. The number of aliphatic hydroxyl groups is 1. The number of aromatic nitrogens is 1. The van der Waals surface area contributed by atoms with Crippen LogP contribution in [-0.4, -0.2) is 59.0 Å². The first kappa shape index (κ1) is 12.7. The zero-order valence-corrected chi connectivity index (χ0v) is 11.4. The van der Waals surface area contributed by atoms with E-state index in [1.54, 1.807) is 0 Å². The van der Waals surface area contributed by atoms with Crippen molar-refractivity contribution in [2.45, 2.75) is 25.4 Å². The number of amides is 1. The third kappa shape index (κ3) is 2.40. The Balaban J connectivity index is 1.77. The van der Waals surface area contributed by atoms with Crippen LogP contribution in [0.4, 0.5) is 0 Å². The van der Waals surface area contributed by atoms with E-state index in [0.717, 1.165) is 56.7 Å². The molecule has 0 bridgehead atoms. The zero-order valence-electron chi connectivity index (χ0n) is 11.4. The second-order valence-electron chi connectivity index (χ2n) is 5.62. The third-order valence-electron chi connectivity index (χ3n) is 4.22. The molecule has 1 aliphatic carbocycles. The molecule has 1 aliphatic heterocycles. The molecule has 1 fully saturated rings. The van der Waals surface area contributed by atoms with Crippen molar-refractivity contribution in [3.8, 4) is 0 Å². The van der Waals surface area contributed by atoms with Gasteiger partial charge in [0.1, 0.15) is 5.69 Å². The Kier molecular flexibility index (Phi) is 3.33. The van der Waals surface area contributed by atoms with Gasteiger partial charge in [-0.15, -0.1) is 0 Å². The number of rotatable bonds is 1. The SMILES string of the molecule is CN1CCN(C(=O)c2cc3c([nH]2)CCCC3O)CC1. The van der Waals surface area contributed by atoms with Crippen molar-refractivity contribution in [3.05, 3.63) is 23.0 Å². The maximum atomic E-state index is 12.4. The quantitative estimate of drug-likeness (QED) is 0.787. The lowest BCUT2D eigenvalue weighted by Crippen LogP contribution is -2.47. The summed E-state index contributed by atoms with van der Waals surface area (Å²) in [5.74, 6) is 0.0645. The summed E-state index contributed by atoms with van der Waals surface area (Å²) in [5, 5.41) is 9.95. The van der Waals surface area contributed by atoms with Crippen LogP contribution in [0.5, 0.6) is 0 Å². The highest BCUT2D eigenvalue weighted by molar-refractivity contribution is 5.93. The van der Waals surface area contributed by atoms with Crippen LogP contribution in [-0.2, 0) is 6.42 Å². The summed E-state index contributed by atoms with van der Waals surface area (Å²) in [5.41, 5.74) is 2.59. The van der Waals surface area contributed by atoms with Gasteiger partial charge in [-0.05, 0) is 32.4 Å². The second kappa shape index (κ2) is 4.98. The molecule has 2 heterocycles. The molecule has 5 heteroatoms. The number of hydrogen-bond donors (Lipinski definition) is 2. The first-order valence-corrected chi connectivity index (χ1v) is 7.03. The summed E-state index contributed by atoms with van der Waals surface area (Å²) in [7, 11) is 2.07. The minimum atomic E-state index is -0.408. The number of aryl methyl sites for hydroxylation is 1. The van der Waals surface area contributed by atoms with E-state index < -0.39 is 6.10 Å². The maximum absolute atomic E-state index is 12.4. The van der Waals surface area contributed by atoms with Crippen molar-refractivity contribution in [1.82, 2.24) is 14.8 Å². The van der Waals surface area contributed by atoms with E-state index >= 15 is 0 Å². The van der Waals surface area contributed by atoms with Crippen molar-refractivity contribution >= 4 is 5.91 Å². The van der Waals surface area contributed by atoms with Crippen molar-refractivity contribution in [3.63, 3.8) is 0 Å². The predicted octanol–water partition coefficient (Wildman–Crippen LogP) is 0.772. The molecule has 0 aromatic carbocycles. The zero-order chi connectivity index (χ0) is 13.4. The van der Waals surface area contributed by atoms with Crippen LogP contribution in [0.3, 0.4) is 0 Å². The van der Waals surface area contributed by atoms with Crippen LogP contribution in [0.2, 0.25) is 0 Å². The van der Waals surface area contributed by atoms with Crippen molar-refractivity contribution < 1.29 is 9.90 Å².